The summed E-state index contributed by atoms with van der Waals surface area (Å²) in [6.45, 7) is 4.14. The van der Waals surface area contributed by atoms with Crippen molar-refractivity contribution >= 4 is 23.6 Å². The molecule has 2 atom stereocenters. The van der Waals surface area contributed by atoms with E-state index in [1.54, 1.807) is 4.68 Å². The topological polar surface area (TPSA) is 76.0 Å². The lowest BCUT2D eigenvalue weighted by Crippen LogP contribution is -2.52. The molecule has 2 aliphatic rings. The lowest BCUT2D eigenvalue weighted by atomic mass is 10.1. The zero-order valence-corrected chi connectivity index (χ0v) is 17.1. The lowest BCUT2D eigenvalue weighted by Gasteiger charge is -2.41. The number of hydrogen-bond acceptors (Lipinski definition) is 5. The molecule has 4 heterocycles. The molecule has 0 saturated carbocycles. The maximum Gasteiger partial charge on any atom is 0.131 e. The van der Waals surface area contributed by atoms with Crippen molar-refractivity contribution in [1.29, 1.82) is 5.41 Å². The van der Waals surface area contributed by atoms with Crippen LogP contribution in [0.25, 0.3) is 11.3 Å². The number of anilines is 1. The van der Waals surface area contributed by atoms with Gasteiger partial charge >= 0.3 is 0 Å². The van der Waals surface area contributed by atoms with Gasteiger partial charge in [0.25, 0.3) is 0 Å². The van der Waals surface area contributed by atoms with Gasteiger partial charge in [-0.15, -0.1) is 0 Å². The minimum Gasteiger partial charge on any atom is -0.374 e. The first kappa shape index (κ1) is 18.4. The molecule has 2 unspecified atom stereocenters. The van der Waals surface area contributed by atoms with E-state index in [1.165, 1.54) is 25.0 Å². The number of piperazine rings is 1. The quantitative estimate of drug-likeness (QED) is 0.404. The van der Waals surface area contributed by atoms with Gasteiger partial charge in [0.2, 0.25) is 0 Å². The molecular formula is C19H29N7S. The molecule has 0 spiro atoms. The fourth-order valence-electron chi connectivity index (χ4n) is 4.18. The van der Waals surface area contributed by atoms with Crippen molar-refractivity contribution in [2.75, 3.05) is 31.2 Å². The third-order valence-electron chi connectivity index (χ3n) is 5.51. The molecule has 4 rings (SSSR count). The fourth-order valence-corrected chi connectivity index (χ4v) is 5.34. The predicted molar refractivity (Wildman–Crippen MR) is 112 cm³/mol. The molecule has 2 aromatic rings. The maximum atomic E-state index is 8.88. The Morgan fingerprint density at radius 3 is 2.70 bits per heavy atom. The number of nitrogens with one attached hydrogen (secondary N) is 3. The third-order valence-corrected chi connectivity index (χ3v) is 7.00. The largest absolute Gasteiger partial charge is 0.374 e. The van der Waals surface area contributed by atoms with Gasteiger partial charge in [0.15, 0.2) is 0 Å². The zero-order chi connectivity index (χ0) is 19.0. The molecule has 0 amide bonds. The Labute approximate surface area is 165 Å². The van der Waals surface area contributed by atoms with Gasteiger partial charge in [-0.25, -0.2) is 4.31 Å². The van der Waals surface area contributed by atoms with Crippen LogP contribution in [-0.4, -0.2) is 67.8 Å². The van der Waals surface area contributed by atoms with Crippen LogP contribution in [0.1, 0.15) is 31.7 Å². The number of nitrogens with zero attached hydrogens (tertiary/aromatic N) is 4. The van der Waals surface area contributed by atoms with E-state index in [9.17, 15) is 0 Å². The van der Waals surface area contributed by atoms with Crippen molar-refractivity contribution in [3.8, 4) is 11.3 Å². The van der Waals surface area contributed by atoms with Gasteiger partial charge in [-0.3, -0.25) is 10.1 Å². The van der Waals surface area contributed by atoms with Crippen molar-refractivity contribution in [2.24, 2.45) is 7.05 Å². The SMILES string of the molecule is CCCSN1C2CCC1CN(C(=N)c1cc(-c3cnn(C)c3)[nH]c1NC)C2. The highest BCUT2D eigenvalue weighted by Gasteiger charge is 2.41. The number of aromatic amines is 1. The summed E-state index contributed by atoms with van der Waals surface area (Å²) in [5, 5.41) is 16.4. The van der Waals surface area contributed by atoms with E-state index in [1.807, 2.05) is 38.4 Å². The Morgan fingerprint density at radius 2 is 2.11 bits per heavy atom. The molecule has 146 valence electrons. The van der Waals surface area contributed by atoms with E-state index in [2.05, 4.69) is 37.6 Å². The van der Waals surface area contributed by atoms with Gasteiger partial charge in [0.1, 0.15) is 11.7 Å². The summed E-state index contributed by atoms with van der Waals surface area (Å²) < 4.78 is 4.41. The normalized spacial score (nSPS) is 22.4. The van der Waals surface area contributed by atoms with Gasteiger partial charge in [0, 0.05) is 56.8 Å². The number of amidine groups is 1. The Morgan fingerprint density at radius 1 is 1.37 bits per heavy atom. The first-order valence-electron chi connectivity index (χ1n) is 9.75. The van der Waals surface area contributed by atoms with Crippen molar-refractivity contribution < 1.29 is 0 Å². The molecule has 0 aromatic carbocycles. The number of rotatable bonds is 6. The molecule has 7 nitrogen and oxygen atoms in total. The smallest absolute Gasteiger partial charge is 0.131 e. The van der Waals surface area contributed by atoms with Crippen molar-refractivity contribution in [3.63, 3.8) is 0 Å². The van der Waals surface area contributed by atoms with E-state index in [-0.39, 0.29) is 0 Å². The van der Waals surface area contributed by atoms with Gasteiger partial charge in [-0.1, -0.05) is 18.9 Å². The van der Waals surface area contributed by atoms with Crippen LogP contribution in [0.15, 0.2) is 18.5 Å². The van der Waals surface area contributed by atoms with Crippen LogP contribution in [-0.2, 0) is 7.05 Å². The Hall–Kier alpha value is -1.93. The molecule has 27 heavy (non-hydrogen) atoms. The summed E-state index contributed by atoms with van der Waals surface area (Å²) in [6.07, 6.45) is 7.55. The summed E-state index contributed by atoms with van der Waals surface area (Å²) in [5.74, 6) is 2.71. The first-order valence-corrected chi connectivity index (χ1v) is 10.7. The van der Waals surface area contributed by atoms with Gasteiger partial charge in [-0.05, 0) is 25.3 Å². The van der Waals surface area contributed by atoms with Gasteiger partial charge in [-0.2, -0.15) is 5.10 Å². The van der Waals surface area contributed by atoms with Crippen LogP contribution in [0.5, 0.6) is 0 Å². The van der Waals surface area contributed by atoms with Crippen LogP contribution in [0, 0.1) is 5.41 Å². The minimum absolute atomic E-state index is 0.565. The molecule has 2 bridgehead atoms. The predicted octanol–water partition coefficient (Wildman–Crippen LogP) is 2.99. The zero-order valence-electron chi connectivity index (χ0n) is 16.3. The van der Waals surface area contributed by atoms with Gasteiger partial charge in [0.05, 0.1) is 17.5 Å². The van der Waals surface area contributed by atoms with E-state index in [0.29, 0.717) is 17.9 Å². The molecule has 2 fully saturated rings. The Bertz CT molecular complexity index is 797. The van der Waals surface area contributed by atoms with E-state index in [4.69, 9.17) is 5.41 Å². The molecule has 0 aliphatic carbocycles. The number of fused-ring (bicyclic) bond motifs is 2. The highest BCUT2D eigenvalue weighted by Crippen LogP contribution is 2.37. The molecule has 0 radical (unpaired) electrons. The molecule has 2 aromatic heterocycles. The monoisotopic (exact) mass is 387 g/mol. The number of likely N-dealkylation sites (tertiary alicyclic amines) is 1. The van der Waals surface area contributed by atoms with E-state index < -0.39 is 0 Å². The van der Waals surface area contributed by atoms with Crippen LogP contribution < -0.4 is 5.32 Å². The first-order chi connectivity index (χ1) is 13.1. The maximum absolute atomic E-state index is 8.88. The Balaban J connectivity index is 1.53. The number of H-pyrrole nitrogens is 1. The number of aromatic nitrogens is 3. The number of hydrogen-bond donors (Lipinski definition) is 3. The van der Waals surface area contributed by atoms with Crippen LogP contribution in [0.3, 0.4) is 0 Å². The standard InChI is InChI=1S/C19H29N7S/c1-4-7-27-26-14-5-6-15(26)12-25(11-14)18(20)16-8-17(23-19(16)21-2)13-9-22-24(3)10-13/h8-10,14-15,20-21,23H,4-7,11-12H2,1-3H3. The van der Waals surface area contributed by atoms with E-state index in [0.717, 1.165) is 35.7 Å². The molecule has 3 N–H and O–H groups in total. The highest BCUT2D eigenvalue weighted by atomic mass is 32.2. The second kappa shape index (κ2) is 7.59. The van der Waals surface area contributed by atoms with Crippen molar-refractivity contribution in [3.05, 3.63) is 24.0 Å². The third kappa shape index (κ3) is 3.48. The fraction of sp³-hybridized carbons (Fsp3) is 0.579. The molecule has 8 heteroatoms. The van der Waals surface area contributed by atoms with Crippen LogP contribution in [0.2, 0.25) is 0 Å². The summed E-state index contributed by atoms with van der Waals surface area (Å²) in [5.41, 5.74) is 2.96. The van der Waals surface area contributed by atoms with Crippen LogP contribution >= 0.6 is 11.9 Å². The molecule has 2 aliphatic heterocycles. The average Bonchev–Trinajstić information content (AvgIpc) is 3.35. The summed E-state index contributed by atoms with van der Waals surface area (Å²) in [6, 6.07) is 3.21. The lowest BCUT2D eigenvalue weighted by molar-refractivity contribution is 0.201. The average molecular weight is 388 g/mol. The highest BCUT2D eigenvalue weighted by molar-refractivity contribution is 7.97. The molecular weight excluding hydrogens is 358 g/mol. The minimum atomic E-state index is 0.565. The summed E-state index contributed by atoms with van der Waals surface area (Å²) >= 11 is 2.01. The second-order valence-electron chi connectivity index (χ2n) is 7.46. The van der Waals surface area contributed by atoms with Gasteiger partial charge < -0.3 is 15.2 Å². The van der Waals surface area contributed by atoms with E-state index >= 15 is 0 Å². The summed E-state index contributed by atoms with van der Waals surface area (Å²) in [7, 11) is 3.82. The summed E-state index contributed by atoms with van der Waals surface area (Å²) in [4.78, 5) is 5.68. The molecule has 2 saturated heterocycles. The second-order valence-corrected chi connectivity index (χ2v) is 8.54. The Kier molecular flexibility index (Phi) is 5.19. The number of aryl methyl sites for hydroxylation is 1. The van der Waals surface area contributed by atoms with Crippen LogP contribution in [0.4, 0.5) is 5.82 Å². The van der Waals surface area contributed by atoms with Crippen molar-refractivity contribution in [2.45, 2.75) is 38.3 Å². The van der Waals surface area contributed by atoms with Crippen molar-refractivity contribution in [1.82, 2.24) is 24.0 Å².